The third kappa shape index (κ3) is 4.18. The van der Waals surface area contributed by atoms with Gasteiger partial charge in [0.2, 0.25) is 5.91 Å². The van der Waals surface area contributed by atoms with Crippen molar-refractivity contribution < 1.29 is 9.53 Å². The third-order valence-corrected chi connectivity index (χ3v) is 4.79. The SMILES string of the molecule is Cc1ccc(OCCC(=O)N2CCC[C@H](c3nncn3C)C2)c(C)c1. The van der Waals surface area contributed by atoms with Gasteiger partial charge in [-0.3, -0.25) is 4.79 Å². The largest absolute Gasteiger partial charge is 0.493 e. The van der Waals surface area contributed by atoms with Crippen LogP contribution in [0.1, 0.15) is 42.1 Å². The number of rotatable bonds is 5. The van der Waals surface area contributed by atoms with Crippen LogP contribution in [-0.2, 0) is 11.8 Å². The van der Waals surface area contributed by atoms with Crippen molar-refractivity contribution in [2.24, 2.45) is 7.05 Å². The summed E-state index contributed by atoms with van der Waals surface area (Å²) in [6.45, 7) is 6.03. The molecule has 1 saturated heterocycles. The average molecular weight is 342 g/mol. The molecule has 2 heterocycles. The Kier molecular flexibility index (Phi) is 5.36. The Balaban J connectivity index is 1.51. The number of carbonyl (C=O) groups excluding carboxylic acids is 1. The molecule has 0 bridgehead atoms. The van der Waals surface area contributed by atoms with Crippen molar-refractivity contribution in [3.8, 4) is 5.75 Å². The van der Waals surface area contributed by atoms with Crippen LogP contribution >= 0.6 is 0 Å². The third-order valence-electron chi connectivity index (χ3n) is 4.79. The normalized spacial score (nSPS) is 17.6. The Morgan fingerprint density at radius 1 is 1.36 bits per heavy atom. The number of likely N-dealkylation sites (tertiary alicyclic amines) is 1. The van der Waals surface area contributed by atoms with Gasteiger partial charge in [0.25, 0.3) is 0 Å². The minimum Gasteiger partial charge on any atom is -0.493 e. The van der Waals surface area contributed by atoms with Crippen molar-refractivity contribution in [2.45, 2.75) is 39.0 Å². The van der Waals surface area contributed by atoms with Crippen molar-refractivity contribution in [1.29, 1.82) is 0 Å². The number of hydrogen-bond acceptors (Lipinski definition) is 4. The highest BCUT2D eigenvalue weighted by Crippen LogP contribution is 2.25. The minimum absolute atomic E-state index is 0.150. The van der Waals surface area contributed by atoms with Gasteiger partial charge in [-0.05, 0) is 38.3 Å². The molecular formula is C19H26N4O2. The molecule has 0 radical (unpaired) electrons. The predicted octanol–water partition coefficient (Wildman–Crippen LogP) is 2.61. The fraction of sp³-hybridized carbons (Fsp3) is 0.526. The highest BCUT2D eigenvalue weighted by molar-refractivity contribution is 5.76. The molecule has 1 aromatic heterocycles. The molecule has 1 atom stereocenters. The molecule has 0 unspecified atom stereocenters. The molecule has 0 spiro atoms. The van der Waals surface area contributed by atoms with E-state index in [2.05, 4.69) is 23.2 Å². The Bertz CT molecular complexity index is 741. The van der Waals surface area contributed by atoms with Gasteiger partial charge >= 0.3 is 0 Å². The monoisotopic (exact) mass is 342 g/mol. The summed E-state index contributed by atoms with van der Waals surface area (Å²) < 4.78 is 7.74. The predicted molar refractivity (Wildman–Crippen MR) is 95.6 cm³/mol. The second kappa shape index (κ2) is 7.68. The fourth-order valence-corrected chi connectivity index (χ4v) is 3.44. The molecule has 0 N–H and O–H groups in total. The topological polar surface area (TPSA) is 60.2 Å². The molecule has 1 aromatic carbocycles. The van der Waals surface area contributed by atoms with E-state index in [0.29, 0.717) is 13.0 Å². The van der Waals surface area contributed by atoms with Gasteiger partial charge in [-0.25, -0.2) is 0 Å². The highest BCUT2D eigenvalue weighted by atomic mass is 16.5. The Morgan fingerprint density at radius 3 is 2.92 bits per heavy atom. The quantitative estimate of drug-likeness (QED) is 0.838. The number of nitrogens with zero attached hydrogens (tertiary/aromatic N) is 4. The zero-order valence-electron chi connectivity index (χ0n) is 15.2. The van der Waals surface area contributed by atoms with Gasteiger partial charge in [-0.2, -0.15) is 0 Å². The van der Waals surface area contributed by atoms with Crippen LogP contribution in [0, 0.1) is 13.8 Å². The van der Waals surface area contributed by atoms with Crippen molar-refractivity contribution in [3.63, 3.8) is 0 Å². The molecule has 1 fully saturated rings. The van der Waals surface area contributed by atoms with E-state index in [1.807, 2.05) is 35.6 Å². The molecule has 6 heteroatoms. The first-order chi connectivity index (χ1) is 12.0. The summed E-state index contributed by atoms with van der Waals surface area (Å²) in [5, 5.41) is 8.16. The first-order valence-electron chi connectivity index (χ1n) is 8.86. The lowest BCUT2D eigenvalue weighted by atomic mass is 9.97. The van der Waals surface area contributed by atoms with E-state index in [-0.39, 0.29) is 11.8 Å². The van der Waals surface area contributed by atoms with Gasteiger partial charge in [-0.15, -0.1) is 10.2 Å². The van der Waals surface area contributed by atoms with E-state index in [9.17, 15) is 4.79 Å². The molecule has 1 aliphatic rings. The zero-order valence-corrected chi connectivity index (χ0v) is 15.2. The van der Waals surface area contributed by atoms with E-state index in [4.69, 9.17) is 4.74 Å². The van der Waals surface area contributed by atoms with Crippen molar-refractivity contribution in [1.82, 2.24) is 19.7 Å². The molecule has 6 nitrogen and oxygen atoms in total. The maximum absolute atomic E-state index is 12.5. The van der Waals surface area contributed by atoms with Gasteiger partial charge in [0, 0.05) is 26.1 Å². The molecule has 1 amide bonds. The second-order valence-corrected chi connectivity index (χ2v) is 6.85. The number of ether oxygens (including phenoxy) is 1. The van der Waals surface area contributed by atoms with Crippen LogP contribution in [0.3, 0.4) is 0 Å². The van der Waals surface area contributed by atoms with Crippen LogP contribution in [0.25, 0.3) is 0 Å². The Hall–Kier alpha value is -2.37. The molecule has 0 saturated carbocycles. The molecule has 0 aliphatic carbocycles. The van der Waals surface area contributed by atoms with Gasteiger partial charge in [0.05, 0.1) is 13.0 Å². The van der Waals surface area contributed by atoms with Crippen LogP contribution in [0.5, 0.6) is 5.75 Å². The van der Waals surface area contributed by atoms with Crippen LogP contribution in [0.4, 0.5) is 0 Å². The Morgan fingerprint density at radius 2 is 2.20 bits per heavy atom. The molecule has 3 rings (SSSR count). The van der Waals surface area contributed by atoms with Gasteiger partial charge < -0.3 is 14.2 Å². The summed E-state index contributed by atoms with van der Waals surface area (Å²) in [4.78, 5) is 14.5. The molecule has 25 heavy (non-hydrogen) atoms. The lowest BCUT2D eigenvalue weighted by Crippen LogP contribution is -2.40. The number of benzene rings is 1. The molecular weight excluding hydrogens is 316 g/mol. The number of carbonyl (C=O) groups is 1. The number of piperidine rings is 1. The summed E-state index contributed by atoms with van der Waals surface area (Å²) in [5.74, 6) is 2.24. The minimum atomic E-state index is 0.150. The first-order valence-corrected chi connectivity index (χ1v) is 8.86. The summed E-state index contributed by atoms with van der Waals surface area (Å²) in [6, 6.07) is 6.09. The van der Waals surface area contributed by atoms with Gasteiger partial charge in [0.15, 0.2) is 0 Å². The summed E-state index contributed by atoms with van der Waals surface area (Å²) in [6.07, 6.45) is 4.17. The number of amides is 1. The van der Waals surface area contributed by atoms with Gasteiger partial charge in [-0.1, -0.05) is 17.7 Å². The van der Waals surface area contributed by atoms with Crippen LogP contribution in [0.15, 0.2) is 24.5 Å². The van der Waals surface area contributed by atoms with E-state index in [0.717, 1.165) is 43.1 Å². The van der Waals surface area contributed by atoms with Crippen molar-refractivity contribution >= 4 is 5.91 Å². The second-order valence-electron chi connectivity index (χ2n) is 6.85. The number of aromatic nitrogens is 3. The molecule has 2 aromatic rings. The number of aryl methyl sites for hydroxylation is 3. The van der Waals surface area contributed by atoms with Gasteiger partial charge in [0.1, 0.15) is 17.9 Å². The number of hydrogen-bond donors (Lipinski definition) is 0. The van der Waals surface area contributed by atoms with E-state index in [1.165, 1.54) is 5.56 Å². The van der Waals surface area contributed by atoms with E-state index < -0.39 is 0 Å². The van der Waals surface area contributed by atoms with Crippen LogP contribution in [-0.4, -0.2) is 45.3 Å². The van der Waals surface area contributed by atoms with Crippen molar-refractivity contribution in [2.75, 3.05) is 19.7 Å². The maximum atomic E-state index is 12.5. The van der Waals surface area contributed by atoms with E-state index >= 15 is 0 Å². The fourth-order valence-electron chi connectivity index (χ4n) is 3.44. The van der Waals surface area contributed by atoms with Crippen LogP contribution < -0.4 is 4.74 Å². The lowest BCUT2D eigenvalue weighted by molar-refractivity contribution is -0.133. The summed E-state index contributed by atoms with van der Waals surface area (Å²) in [7, 11) is 1.95. The molecule has 1 aliphatic heterocycles. The van der Waals surface area contributed by atoms with Crippen molar-refractivity contribution in [3.05, 3.63) is 41.5 Å². The molecule has 134 valence electrons. The maximum Gasteiger partial charge on any atom is 0.226 e. The standard InChI is InChI=1S/C19H26N4O2/c1-14-6-7-17(15(2)11-14)25-10-8-18(24)23-9-4-5-16(12-23)19-21-20-13-22(19)3/h6-7,11,13,16H,4-5,8-10,12H2,1-3H3/t16-/m0/s1. The summed E-state index contributed by atoms with van der Waals surface area (Å²) in [5.41, 5.74) is 2.32. The smallest absolute Gasteiger partial charge is 0.226 e. The van der Waals surface area contributed by atoms with Crippen LogP contribution in [0.2, 0.25) is 0 Å². The van der Waals surface area contributed by atoms with E-state index in [1.54, 1.807) is 6.33 Å². The lowest BCUT2D eigenvalue weighted by Gasteiger charge is -2.32. The average Bonchev–Trinajstić information content (AvgIpc) is 3.03. The highest BCUT2D eigenvalue weighted by Gasteiger charge is 2.27. The zero-order chi connectivity index (χ0) is 17.8. The summed E-state index contributed by atoms with van der Waals surface area (Å²) >= 11 is 0. The Labute approximate surface area is 148 Å². The first kappa shape index (κ1) is 17.5.